The van der Waals surface area contributed by atoms with Crippen LogP contribution in [0.3, 0.4) is 0 Å². The first-order chi connectivity index (χ1) is 16.2. The molecule has 0 saturated heterocycles. The highest BCUT2D eigenvalue weighted by Crippen LogP contribution is 2.37. The van der Waals surface area contributed by atoms with Crippen LogP contribution in [0, 0.1) is 0 Å². The van der Waals surface area contributed by atoms with Gasteiger partial charge in [-0.3, -0.25) is 14.5 Å². The Labute approximate surface area is 205 Å². The maximum Gasteiger partial charge on any atom is 0.261 e. The summed E-state index contributed by atoms with van der Waals surface area (Å²) in [4.78, 5) is 29.5. The van der Waals surface area contributed by atoms with E-state index in [4.69, 9.17) is 0 Å². The van der Waals surface area contributed by atoms with Crippen LogP contribution in [-0.4, -0.2) is 34.8 Å². The van der Waals surface area contributed by atoms with Gasteiger partial charge in [0.25, 0.3) is 11.8 Å². The molecular formula is C28H29NO2S2. The van der Waals surface area contributed by atoms with Crippen molar-refractivity contribution in [2.24, 2.45) is 0 Å². The highest BCUT2D eigenvalue weighted by molar-refractivity contribution is 8.02. The van der Waals surface area contributed by atoms with Crippen molar-refractivity contribution in [3.05, 3.63) is 95.1 Å². The van der Waals surface area contributed by atoms with E-state index in [-0.39, 0.29) is 11.8 Å². The Morgan fingerprint density at radius 3 is 1.58 bits per heavy atom. The summed E-state index contributed by atoms with van der Waals surface area (Å²) in [7, 11) is 0. The molecule has 170 valence electrons. The summed E-state index contributed by atoms with van der Waals surface area (Å²) >= 11 is 3.55. The van der Waals surface area contributed by atoms with Crippen LogP contribution in [0.5, 0.6) is 0 Å². The van der Waals surface area contributed by atoms with Crippen LogP contribution in [0.1, 0.15) is 51.6 Å². The Hall–Kier alpha value is -2.50. The topological polar surface area (TPSA) is 37.4 Å². The van der Waals surface area contributed by atoms with Crippen molar-refractivity contribution in [1.29, 1.82) is 0 Å². The van der Waals surface area contributed by atoms with E-state index < -0.39 is 0 Å². The molecule has 1 aliphatic rings. The van der Waals surface area contributed by atoms with E-state index in [1.807, 2.05) is 24.3 Å². The van der Waals surface area contributed by atoms with Crippen molar-refractivity contribution >= 4 is 35.3 Å². The molecule has 2 amide bonds. The molecular weight excluding hydrogens is 446 g/mol. The monoisotopic (exact) mass is 475 g/mol. The highest BCUT2D eigenvalue weighted by atomic mass is 32.2. The van der Waals surface area contributed by atoms with Crippen LogP contribution in [0.2, 0.25) is 0 Å². The van der Waals surface area contributed by atoms with Gasteiger partial charge in [-0.15, -0.1) is 23.5 Å². The zero-order chi connectivity index (χ0) is 23.0. The minimum Gasteiger partial charge on any atom is -0.274 e. The molecule has 0 N–H and O–H groups in total. The van der Waals surface area contributed by atoms with Crippen molar-refractivity contribution in [2.75, 3.05) is 18.1 Å². The number of carbonyl (C=O) groups excluding carboxylic acids is 2. The van der Waals surface area contributed by atoms with E-state index in [1.165, 1.54) is 16.0 Å². The molecule has 1 heterocycles. The van der Waals surface area contributed by atoms with Crippen molar-refractivity contribution in [3.8, 4) is 0 Å². The molecule has 0 aliphatic carbocycles. The molecule has 3 aromatic carbocycles. The van der Waals surface area contributed by atoms with E-state index >= 15 is 0 Å². The third kappa shape index (κ3) is 5.90. The average Bonchev–Trinajstić information content (AvgIpc) is 3.07. The number of nitrogens with zero attached hydrogens (tertiary/aromatic N) is 1. The largest absolute Gasteiger partial charge is 0.274 e. The molecule has 0 atom stereocenters. The summed E-state index contributed by atoms with van der Waals surface area (Å²) in [5.74, 6) is 1.57. The number of amides is 2. The molecule has 0 radical (unpaired) electrons. The fraction of sp³-hybridized carbons (Fsp3) is 0.286. The predicted molar refractivity (Wildman–Crippen MR) is 138 cm³/mol. The lowest BCUT2D eigenvalue weighted by molar-refractivity contribution is 0.0652. The maximum absolute atomic E-state index is 13.0. The Bertz CT molecular complexity index is 1020. The molecule has 0 spiro atoms. The van der Waals surface area contributed by atoms with Gasteiger partial charge >= 0.3 is 0 Å². The van der Waals surface area contributed by atoms with E-state index in [0.29, 0.717) is 17.7 Å². The molecule has 3 aromatic rings. The third-order valence-electron chi connectivity index (χ3n) is 5.75. The molecule has 4 rings (SSSR count). The summed E-state index contributed by atoms with van der Waals surface area (Å²) in [6.45, 7) is 2.57. The second-order valence-electron chi connectivity index (χ2n) is 8.13. The van der Waals surface area contributed by atoms with Gasteiger partial charge < -0.3 is 0 Å². The van der Waals surface area contributed by atoms with Crippen molar-refractivity contribution in [3.63, 3.8) is 0 Å². The van der Waals surface area contributed by atoms with Crippen molar-refractivity contribution < 1.29 is 9.59 Å². The minimum atomic E-state index is -0.144. The quantitative estimate of drug-likeness (QED) is 0.227. The molecule has 1 aliphatic heterocycles. The number of rotatable bonds is 11. The SMILES string of the molecule is CCCCN1C(=O)c2cc(SCCc3ccccc3)c(SCCc3ccccc3)cc2C1=O. The van der Waals surface area contributed by atoms with E-state index in [1.54, 1.807) is 23.5 Å². The maximum atomic E-state index is 13.0. The number of hydrogen-bond donors (Lipinski definition) is 0. The summed E-state index contributed by atoms with van der Waals surface area (Å²) in [5.41, 5.74) is 3.74. The first-order valence-corrected chi connectivity index (χ1v) is 13.5. The number of aryl methyl sites for hydroxylation is 2. The van der Waals surface area contributed by atoms with Crippen LogP contribution in [0.4, 0.5) is 0 Å². The van der Waals surface area contributed by atoms with Crippen LogP contribution in [0.15, 0.2) is 82.6 Å². The van der Waals surface area contributed by atoms with Gasteiger partial charge in [0.05, 0.1) is 11.1 Å². The van der Waals surface area contributed by atoms with E-state index in [2.05, 4.69) is 55.5 Å². The smallest absolute Gasteiger partial charge is 0.261 e. The van der Waals surface area contributed by atoms with E-state index in [0.717, 1.165) is 47.0 Å². The molecule has 33 heavy (non-hydrogen) atoms. The lowest BCUT2D eigenvalue weighted by Crippen LogP contribution is -2.30. The first-order valence-electron chi connectivity index (χ1n) is 11.5. The lowest BCUT2D eigenvalue weighted by Gasteiger charge is -2.12. The van der Waals surface area contributed by atoms with Gasteiger partial charge in [0, 0.05) is 27.8 Å². The minimum absolute atomic E-state index is 0.144. The average molecular weight is 476 g/mol. The number of imide groups is 1. The second kappa shape index (κ2) is 11.6. The number of fused-ring (bicyclic) bond motifs is 1. The molecule has 5 heteroatoms. The summed E-state index contributed by atoms with van der Waals surface area (Å²) in [6.07, 6.45) is 3.72. The fourth-order valence-electron chi connectivity index (χ4n) is 3.89. The van der Waals surface area contributed by atoms with Gasteiger partial charge in [-0.25, -0.2) is 0 Å². The molecule has 0 aromatic heterocycles. The lowest BCUT2D eigenvalue weighted by atomic mass is 10.1. The van der Waals surface area contributed by atoms with Gasteiger partial charge in [0.1, 0.15) is 0 Å². The predicted octanol–water partition coefficient (Wildman–Crippen LogP) is 6.75. The zero-order valence-corrected chi connectivity index (χ0v) is 20.6. The second-order valence-corrected chi connectivity index (χ2v) is 10.4. The highest BCUT2D eigenvalue weighted by Gasteiger charge is 2.36. The zero-order valence-electron chi connectivity index (χ0n) is 19.0. The number of benzene rings is 3. The van der Waals surface area contributed by atoms with Crippen LogP contribution in [-0.2, 0) is 12.8 Å². The summed E-state index contributed by atoms with van der Waals surface area (Å²) in [5, 5.41) is 0. The molecule has 0 saturated carbocycles. The van der Waals surface area contributed by atoms with Crippen LogP contribution in [0.25, 0.3) is 0 Å². The summed E-state index contributed by atoms with van der Waals surface area (Å²) in [6, 6.07) is 24.8. The van der Waals surface area contributed by atoms with Crippen molar-refractivity contribution in [1.82, 2.24) is 4.90 Å². The van der Waals surface area contributed by atoms with Crippen molar-refractivity contribution in [2.45, 2.75) is 42.4 Å². The molecule has 0 bridgehead atoms. The van der Waals surface area contributed by atoms with Gasteiger partial charge in [0.15, 0.2) is 0 Å². The Kier molecular flexibility index (Phi) is 8.30. The normalized spacial score (nSPS) is 12.9. The number of hydrogen-bond acceptors (Lipinski definition) is 4. The Morgan fingerprint density at radius 2 is 1.15 bits per heavy atom. The number of thioether (sulfide) groups is 2. The molecule has 3 nitrogen and oxygen atoms in total. The standard InChI is InChI=1S/C28H29NO2S2/c1-2-3-16-29-27(30)23-19-25(32-17-14-21-10-6-4-7-11-21)26(20-24(23)28(29)31)33-18-15-22-12-8-5-9-13-22/h4-13,19-20H,2-3,14-18H2,1H3. The van der Waals surface area contributed by atoms with Gasteiger partial charge in [-0.1, -0.05) is 74.0 Å². The summed E-state index contributed by atoms with van der Waals surface area (Å²) < 4.78 is 0. The Morgan fingerprint density at radius 1 is 0.697 bits per heavy atom. The first kappa shape index (κ1) is 23.7. The van der Waals surface area contributed by atoms with Gasteiger partial charge in [-0.2, -0.15) is 0 Å². The number of unbranched alkanes of at least 4 members (excludes halogenated alkanes) is 1. The van der Waals surface area contributed by atoms with E-state index in [9.17, 15) is 9.59 Å². The Balaban J connectivity index is 1.52. The number of carbonyl (C=O) groups is 2. The van der Waals surface area contributed by atoms with Crippen LogP contribution >= 0.6 is 23.5 Å². The third-order valence-corrected chi connectivity index (χ3v) is 8.00. The van der Waals surface area contributed by atoms with Crippen LogP contribution < -0.4 is 0 Å². The molecule has 0 fully saturated rings. The van der Waals surface area contributed by atoms with Gasteiger partial charge in [-0.05, 0) is 42.5 Å². The fourth-order valence-corrected chi connectivity index (χ4v) is 6.16. The molecule has 0 unspecified atom stereocenters. The van der Waals surface area contributed by atoms with Gasteiger partial charge in [0.2, 0.25) is 0 Å².